The molecule has 0 aromatic heterocycles. The van der Waals surface area contributed by atoms with E-state index in [2.05, 4.69) is 27.4 Å². The molecule has 2 radical (unpaired) electrons. The summed E-state index contributed by atoms with van der Waals surface area (Å²) < 4.78 is 6.25. The van der Waals surface area contributed by atoms with E-state index < -0.39 is 7.49 Å². The molecule has 31 heavy (non-hydrogen) atoms. The van der Waals surface area contributed by atoms with Gasteiger partial charge in [0.05, 0.1) is 0 Å². The third kappa shape index (κ3) is 20.8. The second-order valence-electron chi connectivity index (χ2n) is 9.36. The zero-order valence-corrected chi connectivity index (χ0v) is 26.7. The molecule has 0 saturated carbocycles. The SMILES string of the molecule is C=CC(=O)O[PH](CCCCCCCC)(CCCCCCCC)CCCCCCCC.[SnH2]. The van der Waals surface area contributed by atoms with Gasteiger partial charge in [0.1, 0.15) is 0 Å². The van der Waals surface area contributed by atoms with Crippen LogP contribution in [0.25, 0.3) is 0 Å². The van der Waals surface area contributed by atoms with Gasteiger partial charge in [-0.3, -0.25) is 0 Å². The Hall–Kier alpha value is 0.439. The van der Waals surface area contributed by atoms with Gasteiger partial charge in [-0.1, -0.05) is 0 Å². The van der Waals surface area contributed by atoms with Crippen molar-refractivity contribution in [3.8, 4) is 0 Å². The van der Waals surface area contributed by atoms with Crippen LogP contribution in [-0.2, 0) is 9.32 Å². The Bertz CT molecular complexity index is 360. The van der Waals surface area contributed by atoms with Crippen molar-refractivity contribution in [1.82, 2.24) is 0 Å². The summed E-state index contributed by atoms with van der Waals surface area (Å²) in [4.78, 5) is 12.2. The Morgan fingerprint density at radius 1 is 0.613 bits per heavy atom. The van der Waals surface area contributed by atoms with Crippen LogP contribution in [-0.4, -0.2) is 48.4 Å². The van der Waals surface area contributed by atoms with Crippen molar-refractivity contribution >= 4 is 37.4 Å². The molecule has 0 saturated heterocycles. The van der Waals surface area contributed by atoms with E-state index in [0.717, 1.165) is 0 Å². The Balaban J connectivity index is 0. The van der Waals surface area contributed by atoms with Gasteiger partial charge in [0, 0.05) is 0 Å². The number of carbonyl (C=O) groups excluding carboxylic acids is 1. The number of hydrogen-bond acceptors (Lipinski definition) is 2. The molecule has 0 rings (SSSR count). The van der Waals surface area contributed by atoms with Gasteiger partial charge in [0.25, 0.3) is 0 Å². The first kappa shape index (κ1) is 33.6. The summed E-state index contributed by atoms with van der Waals surface area (Å²) >= 11 is 0. The molecule has 0 fully saturated rings. The summed E-state index contributed by atoms with van der Waals surface area (Å²) in [6.45, 7) is 10.5. The van der Waals surface area contributed by atoms with Gasteiger partial charge in [0.2, 0.25) is 0 Å². The van der Waals surface area contributed by atoms with Gasteiger partial charge in [0.15, 0.2) is 0 Å². The van der Waals surface area contributed by atoms with E-state index in [9.17, 15) is 4.79 Å². The molecule has 0 heterocycles. The zero-order valence-electron chi connectivity index (χ0n) is 21.7. The molecule has 0 N–H and O–H groups in total. The average Bonchev–Trinajstić information content (AvgIpc) is 2.75. The minimum absolute atomic E-state index is 0. The van der Waals surface area contributed by atoms with Gasteiger partial charge in [-0.05, 0) is 0 Å². The Morgan fingerprint density at radius 2 is 0.903 bits per heavy atom. The van der Waals surface area contributed by atoms with Crippen LogP contribution in [0.1, 0.15) is 136 Å². The van der Waals surface area contributed by atoms with Crippen molar-refractivity contribution in [3.05, 3.63) is 12.7 Å². The van der Waals surface area contributed by atoms with Crippen LogP contribution in [0.2, 0.25) is 0 Å². The Labute approximate surface area is 213 Å². The van der Waals surface area contributed by atoms with Gasteiger partial charge in [-0.15, -0.1) is 0 Å². The Morgan fingerprint density at radius 3 is 1.19 bits per heavy atom. The van der Waals surface area contributed by atoms with E-state index in [1.807, 2.05) is 0 Å². The first-order valence-corrected chi connectivity index (χ1v) is 16.0. The van der Waals surface area contributed by atoms with Crippen molar-refractivity contribution in [2.75, 3.05) is 18.5 Å². The van der Waals surface area contributed by atoms with Gasteiger partial charge in [-0.25, -0.2) is 0 Å². The first-order chi connectivity index (χ1) is 14.6. The average molecular weight is 563 g/mol. The predicted molar refractivity (Wildman–Crippen MR) is 148 cm³/mol. The molecular weight excluding hydrogens is 506 g/mol. The van der Waals surface area contributed by atoms with Crippen LogP contribution in [0.5, 0.6) is 0 Å². The molecule has 2 nitrogen and oxygen atoms in total. The van der Waals surface area contributed by atoms with Gasteiger partial charge in [-0.2, -0.15) is 0 Å². The maximum atomic E-state index is 12.2. The molecule has 0 aliphatic carbocycles. The standard InChI is InChI=1S/C27H55O2P.Sn.2H/c1-5-9-12-15-18-21-24-30(29-27(28)8-4,25-22-19-16-13-10-6-2)26-23-20-17-14-11-7-3;;;/h8,30H,4-7,9-26H2,1-3H3;;;. The maximum absolute atomic E-state index is 12.2. The predicted octanol–water partition coefficient (Wildman–Crippen LogP) is 8.55. The third-order valence-electron chi connectivity index (χ3n) is 6.44. The third-order valence-corrected chi connectivity index (χ3v) is 10.9. The minimum atomic E-state index is -2.01. The topological polar surface area (TPSA) is 26.3 Å². The number of carbonyl (C=O) groups is 1. The molecule has 0 bridgehead atoms. The number of hydrogen-bond donors (Lipinski definition) is 0. The molecule has 0 aromatic rings. The van der Waals surface area contributed by atoms with Crippen LogP contribution < -0.4 is 0 Å². The van der Waals surface area contributed by atoms with Crippen LogP contribution in [0.3, 0.4) is 0 Å². The summed E-state index contributed by atoms with van der Waals surface area (Å²) in [6.07, 6.45) is 28.5. The molecule has 0 spiro atoms. The van der Waals surface area contributed by atoms with Crippen molar-refractivity contribution in [2.45, 2.75) is 136 Å². The summed E-state index contributed by atoms with van der Waals surface area (Å²) in [5.74, 6) is -0.162. The van der Waals surface area contributed by atoms with E-state index in [1.54, 1.807) is 0 Å². The van der Waals surface area contributed by atoms with E-state index >= 15 is 0 Å². The fourth-order valence-corrected chi connectivity index (χ4v) is 8.71. The Kier molecular flexibility index (Phi) is 27.2. The normalized spacial score (nSPS) is 11.7. The van der Waals surface area contributed by atoms with Crippen molar-refractivity contribution in [1.29, 1.82) is 0 Å². The summed E-state index contributed by atoms with van der Waals surface area (Å²) in [5, 5.41) is 0. The van der Waals surface area contributed by atoms with Crippen molar-refractivity contribution < 1.29 is 9.32 Å². The summed E-state index contributed by atoms with van der Waals surface area (Å²) in [6, 6.07) is 0. The number of unbranched alkanes of at least 4 members (excludes halogenated alkanes) is 15. The molecule has 4 heteroatoms. The molecule has 0 aliphatic heterocycles. The fraction of sp³-hybridized carbons (Fsp3) is 0.889. The zero-order chi connectivity index (χ0) is 22.3. The molecule has 0 aromatic carbocycles. The van der Waals surface area contributed by atoms with Crippen LogP contribution in [0, 0.1) is 0 Å². The van der Waals surface area contributed by atoms with E-state index in [-0.39, 0.29) is 29.9 Å². The second-order valence-corrected chi connectivity index (χ2v) is 13.4. The molecule has 0 atom stereocenters. The summed E-state index contributed by atoms with van der Waals surface area (Å²) in [5.41, 5.74) is 0. The molecule has 0 unspecified atom stereocenters. The molecule has 186 valence electrons. The molecule has 0 amide bonds. The van der Waals surface area contributed by atoms with Crippen molar-refractivity contribution in [2.24, 2.45) is 0 Å². The fourth-order valence-electron chi connectivity index (χ4n) is 4.47. The first-order valence-electron chi connectivity index (χ1n) is 13.5. The molecule has 0 aliphatic rings. The van der Waals surface area contributed by atoms with Crippen LogP contribution in [0.4, 0.5) is 0 Å². The number of rotatable bonds is 23. The molecular formula is C27H57O2PSn. The van der Waals surface area contributed by atoms with Gasteiger partial charge < -0.3 is 0 Å². The second kappa shape index (κ2) is 25.1. The van der Waals surface area contributed by atoms with Crippen LogP contribution in [0.15, 0.2) is 12.7 Å². The summed E-state index contributed by atoms with van der Waals surface area (Å²) in [7, 11) is -2.01. The van der Waals surface area contributed by atoms with E-state index in [1.165, 1.54) is 140 Å². The van der Waals surface area contributed by atoms with Crippen molar-refractivity contribution in [3.63, 3.8) is 0 Å². The van der Waals surface area contributed by atoms with E-state index in [4.69, 9.17) is 4.52 Å². The quantitative estimate of drug-likeness (QED) is 0.0539. The monoisotopic (exact) mass is 564 g/mol. The van der Waals surface area contributed by atoms with Crippen LogP contribution >= 0.6 is 7.49 Å². The van der Waals surface area contributed by atoms with Gasteiger partial charge >= 0.3 is 214 Å². The van der Waals surface area contributed by atoms with E-state index in [0.29, 0.717) is 0 Å².